The topological polar surface area (TPSA) is 72.9 Å². The number of hydrogen-bond donors (Lipinski definition) is 0. The fourth-order valence-electron chi connectivity index (χ4n) is 2.53. The van der Waals surface area contributed by atoms with Crippen molar-refractivity contribution in [1.29, 1.82) is 0 Å². The van der Waals surface area contributed by atoms with E-state index in [1.165, 1.54) is 0 Å². The number of nitrogens with zero attached hydrogens (tertiary/aromatic N) is 1. The van der Waals surface area contributed by atoms with Crippen molar-refractivity contribution >= 4 is 46.6 Å². The first-order valence-corrected chi connectivity index (χ1v) is 10.0. The zero-order valence-corrected chi connectivity index (χ0v) is 17.2. The van der Waals surface area contributed by atoms with Crippen molar-refractivity contribution in [3.63, 3.8) is 0 Å². The van der Waals surface area contributed by atoms with Gasteiger partial charge in [0.2, 0.25) is 0 Å². The van der Waals surface area contributed by atoms with Gasteiger partial charge in [-0.05, 0) is 60.2 Å². The highest BCUT2D eigenvalue weighted by molar-refractivity contribution is 8.18. The van der Waals surface area contributed by atoms with Gasteiger partial charge in [-0.2, -0.15) is 0 Å². The Morgan fingerprint density at radius 2 is 1.79 bits per heavy atom. The molecule has 1 heterocycles. The molecule has 0 radical (unpaired) electrons. The zero-order chi connectivity index (χ0) is 20.8. The Labute approximate surface area is 177 Å². The van der Waals surface area contributed by atoms with Crippen molar-refractivity contribution in [3.8, 4) is 5.75 Å². The Morgan fingerprint density at radius 1 is 1.10 bits per heavy atom. The molecule has 1 fully saturated rings. The number of rotatable bonds is 7. The number of esters is 1. The van der Waals surface area contributed by atoms with Crippen molar-refractivity contribution in [1.82, 2.24) is 4.90 Å². The van der Waals surface area contributed by atoms with E-state index in [0.717, 1.165) is 27.8 Å². The minimum absolute atomic E-state index is 0.192. The molecule has 2 aromatic rings. The number of ether oxygens (including phenoxy) is 2. The molecule has 6 nitrogen and oxygen atoms in total. The summed E-state index contributed by atoms with van der Waals surface area (Å²) in [6, 6.07) is 14.5. The fourth-order valence-corrected chi connectivity index (χ4v) is 3.50. The Kier molecular flexibility index (Phi) is 6.95. The minimum Gasteiger partial charge on any atom is -0.489 e. The quantitative estimate of drug-likeness (QED) is 0.474. The van der Waals surface area contributed by atoms with Crippen LogP contribution >= 0.6 is 23.4 Å². The van der Waals surface area contributed by atoms with Gasteiger partial charge in [0.1, 0.15) is 18.9 Å². The number of imide groups is 1. The monoisotopic (exact) mass is 431 g/mol. The highest BCUT2D eigenvalue weighted by Crippen LogP contribution is 2.32. The molecule has 150 valence electrons. The highest BCUT2D eigenvalue weighted by atomic mass is 35.5. The molecule has 2 aromatic carbocycles. The Hall–Kier alpha value is -2.77. The number of amides is 2. The summed E-state index contributed by atoms with van der Waals surface area (Å²) in [5.41, 5.74) is 1.74. The van der Waals surface area contributed by atoms with Crippen molar-refractivity contribution in [2.75, 3.05) is 13.2 Å². The zero-order valence-electron chi connectivity index (χ0n) is 15.6. The van der Waals surface area contributed by atoms with Gasteiger partial charge in [-0.3, -0.25) is 19.3 Å². The fraction of sp³-hybridized carbons (Fsp3) is 0.190. The van der Waals surface area contributed by atoms with E-state index in [1.54, 1.807) is 49.4 Å². The standard InChI is InChI=1S/C21H18ClNO5S/c1-2-27-19(24)12-23-20(25)18(29-21(23)26)11-14-5-9-17(10-6-14)28-13-15-3-7-16(22)8-4-15/h3-11H,2,12-13H2,1H3. The van der Waals surface area contributed by atoms with Crippen LogP contribution in [-0.2, 0) is 20.9 Å². The van der Waals surface area contributed by atoms with Crippen LogP contribution < -0.4 is 4.74 Å². The van der Waals surface area contributed by atoms with Gasteiger partial charge in [0.25, 0.3) is 11.1 Å². The second-order valence-electron chi connectivity index (χ2n) is 6.06. The minimum atomic E-state index is -0.613. The van der Waals surface area contributed by atoms with E-state index in [2.05, 4.69) is 0 Å². The Morgan fingerprint density at radius 3 is 2.45 bits per heavy atom. The van der Waals surface area contributed by atoms with Crippen LogP contribution in [0.4, 0.5) is 4.79 Å². The summed E-state index contributed by atoms with van der Waals surface area (Å²) >= 11 is 6.66. The maximum Gasteiger partial charge on any atom is 0.326 e. The summed E-state index contributed by atoms with van der Waals surface area (Å²) in [4.78, 5) is 37.1. The van der Waals surface area contributed by atoms with E-state index < -0.39 is 17.1 Å². The van der Waals surface area contributed by atoms with Gasteiger partial charge in [-0.1, -0.05) is 35.9 Å². The van der Waals surface area contributed by atoms with Gasteiger partial charge in [0.05, 0.1) is 11.5 Å². The van der Waals surface area contributed by atoms with Gasteiger partial charge in [0, 0.05) is 5.02 Å². The SMILES string of the molecule is CCOC(=O)CN1C(=O)SC(=Cc2ccc(OCc3ccc(Cl)cc3)cc2)C1=O. The molecule has 0 unspecified atom stereocenters. The summed E-state index contributed by atoms with van der Waals surface area (Å²) in [5, 5.41) is 0.182. The third-order valence-corrected chi connectivity index (χ3v) is 5.12. The maximum atomic E-state index is 12.4. The summed E-state index contributed by atoms with van der Waals surface area (Å²) in [5.74, 6) is -0.443. The van der Waals surface area contributed by atoms with Gasteiger partial charge < -0.3 is 9.47 Å². The van der Waals surface area contributed by atoms with E-state index in [4.69, 9.17) is 21.1 Å². The van der Waals surface area contributed by atoms with E-state index in [0.29, 0.717) is 17.4 Å². The molecule has 0 N–H and O–H groups in total. The van der Waals surface area contributed by atoms with Crippen LogP contribution in [0, 0.1) is 0 Å². The molecule has 0 aromatic heterocycles. The molecule has 29 heavy (non-hydrogen) atoms. The normalized spacial score (nSPS) is 15.1. The average Bonchev–Trinajstić information content (AvgIpc) is 2.96. The molecule has 0 saturated carbocycles. The Bertz CT molecular complexity index is 941. The lowest BCUT2D eigenvalue weighted by molar-refractivity contribution is -0.145. The Balaban J connectivity index is 1.61. The van der Waals surface area contributed by atoms with E-state index >= 15 is 0 Å². The van der Waals surface area contributed by atoms with Crippen LogP contribution in [0.2, 0.25) is 5.02 Å². The lowest BCUT2D eigenvalue weighted by Crippen LogP contribution is -2.34. The lowest BCUT2D eigenvalue weighted by atomic mass is 10.2. The number of halogens is 1. The number of carbonyl (C=O) groups is 3. The molecule has 0 aliphatic carbocycles. The summed E-state index contributed by atoms with van der Waals surface area (Å²) < 4.78 is 10.5. The first kappa shape index (κ1) is 21.0. The first-order valence-electron chi connectivity index (χ1n) is 8.84. The molecule has 3 rings (SSSR count). The lowest BCUT2D eigenvalue weighted by Gasteiger charge is -2.10. The average molecular weight is 432 g/mol. The summed E-state index contributed by atoms with van der Waals surface area (Å²) in [6.07, 6.45) is 1.61. The van der Waals surface area contributed by atoms with Gasteiger partial charge in [0.15, 0.2) is 0 Å². The number of thioether (sulfide) groups is 1. The second-order valence-corrected chi connectivity index (χ2v) is 7.49. The van der Waals surface area contributed by atoms with E-state index in [1.807, 2.05) is 12.1 Å². The van der Waals surface area contributed by atoms with Crippen molar-refractivity contribution in [2.45, 2.75) is 13.5 Å². The van der Waals surface area contributed by atoms with Crippen molar-refractivity contribution in [2.24, 2.45) is 0 Å². The number of carbonyl (C=O) groups excluding carboxylic acids is 3. The molecular weight excluding hydrogens is 414 g/mol. The second kappa shape index (κ2) is 9.62. The predicted octanol–water partition coefficient (Wildman–Crippen LogP) is 4.52. The third-order valence-electron chi connectivity index (χ3n) is 3.96. The molecule has 8 heteroatoms. The number of hydrogen-bond acceptors (Lipinski definition) is 6. The van der Waals surface area contributed by atoms with Crippen LogP contribution in [0.25, 0.3) is 6.08 Å². The van der Waals surface area contributed by atoms with Crippen LogP contribution in [0.1, 0.15) is 18.1 Å². The van der Waals surface area contributed by atoms with Crippen LogP contribution in [-0.4, -0.2) is 35.2 Å². The van der Waals surface area contributed by atoms with Crippen LogP contribution in [0.15, 0.2) is 53.4 Å². The first-order chi connectivity index (χ1) is 14.0. The molecule has 0 bridgehead atoms. The molecule has 1 saturated heterocycles. The molecule has 1 aliphatic rings. The molecule has 1 aliphatic heterocycles. The van der Waals surface area contributed by atoms with Gasteiger partial charge >= 0.3 is 5.97 Å². The van der Waals surface area contributed by atoms with Crippen LogP contribution in [0.3, 0.4) is 0 Å². The van der Waals surface area contributed by atoms with Crippen molar-refractivity contribution < 1.29 is 23.9 Å². The molecule has 0 spiro atoms. The highest BCUT2D eigenvalue weighted by Gasteiger charge is 2.36. The van der Waals surface area contributed by atoms with E-state index in [-0.39, 0.29) is 18.1 Å². The molecule has 2 amide bonds. The smallest absolute Gasteiger partial charge is 0.326 e. The largest absolute Gasteiger partial charge is 0.489 e. The third kappa shape index (κ3) is 5.62. The summed E-state index contributed by atoms with van der Waals surface area (Å²) in [7, 11) is 0. The maximum absolute atomic E-state index is 12.4. The molecule has 0 atom stereocenters. The number of benzene rings is 2. The van der Waals surface area contributed by atoms with Crippen molar-refractivity contribution in [3.05, 3.63) is 69.6 Å². The molecular formula is C21H18ClNO5S. The van der Waals surface area contributed by atoms with E-state index in [9.17, 15) is 14.4 Å². The summed E-state index contributed by atoms with van der Waals surface area (Å²) in [6.45, 7) is 1.88. The van der Waals surface area contributed by atoms with Crippen LogP contribution in [0.5, 0.6) is 5.75 Å². The van der Waals surface area contributed by atoms with Gasteiger partial charge in [-0.25, -0.2) is 0 Å². The van der Waals surface area contributed by atoms with Gasteiger partial charge in [-0.15, -0.1) is 0 Å². The predicted molar refractivity (Wildman–Crippen MR) is 112 cm³/mol.